The second kappa shape index (κ2) is 6.08. The van der Waals surface area contributed by atoms with Crippen molar-refractivity contribution in [1.82, 2.24) is 0 Å². The first-order valence-electron chi connectivity index (χ1n) is 8.15. The summed E-state index contributed by atoms with van der Waals surface area (Å²) in [5, 5.41) is 0. The summed E-state index contributed by atoms with van der Waals surface area (Å²) >= 11 is 5.58. The van der Waals surface area contributed by atoms with Gasteiger partial charge in [0.05, 0.1) is 16.1 Å². The summed E-state index contributed by atoms with van der Waals surface area (Å²) in [7, 11) is 3.20. The number of hydrogen-bond acceptors (Lipinski definition) is 4. The Balaban J connectivity index is 1.97. The molecule has 1 aliphatic rings. The van der Waals surface area contributed by atoms with Crippen LogP contribution in [0.5, 0.6) is 0 Å². The normalized spacial score (nSPS) is 14.7. The topological polar surface area (TPSA) is 20.3 Å². The molecule has 2 nitrogen and oxygen atoms in total. The van der Waals surface area contributed by atoms with Gasteiger partial charge in [0, 0.05) is 16.7 Å². The molecular weight excluding hydrogens is 385 g/mol. The molecule has 0 radical (unpaired) electrons. The summed E-state index contributed by atoms with van der Waals surface area (Å²) in [5.74, 6) is -0.495. The van der Waals surface area contributed by atoms with Crippen LogP contribution in [-0.2, 0) is 5.54 Å². The Kier molecular flexibility index (Phi) is 4.10. The number of halogens is 1. The van der Waals surface area contributed by atoms with E-state index in [1.807, 2.05) is 43.9 Å². The van der Waals surface area contributed by atoms with E-state index >= 15 is 0 Å². The molecule has 0 saturated carbocycles. The second-order valence-corrected chi connectivity index (χ2v) is 9.70. The van der Waals surface area contributed by atoms with Gasteiger partial charge >= 0.3 is 0 Å². The molecular formula is C20H16FNOS3. The lowest BCUT2D eigenvalue weighted by molar-refractivity contribution is 0.0961. The Hall–Kier alpha value is -1.89. The fourth-order valence-corrected chi connectivity index (χ4v) is 6.70. The fraction of sp³-hybridized carbons (Fsp3) is 0.200. The van der Waals surface area contributed by atoms with Crippen molar-refractivity contribution in [3.05, 3.63) is 68.1 Å². The molecule has 0 bridgehead atoms. The standard InChI is InChI=1S/C20H16FNOS3/c1-11-4-9-14-15(10-11)22(18(23)12-5-7-13(21)8-6-12)20(2,3)17-16(14)19(24)26-25-17/h4-10H,1-3H3. The van der Waals surface area contributed by atoms with E-state index in [0.29, 0.717) is 5.56 Å². The third-order valence-electron chi connectivity index (χ3n) is 4.70. The predicted molar refractivity (Wildman–Crippen MR) is 109 cm³/mol. The molecule has 0 atom stereocenters. The Morgan fingerprint density at radius 3 is 2.50 bits per heavy atom. The SMILES string of the molecule is Cc1ccc2c(c1)N(C(=O)c1ccc(F)cc1)C(C)(C)c1ssc(=S)c1-2. The van der Waals surface area contributed by atoms with Crippen molar-refractivity contribution in [2.45, 2.75) is 26.3 Å². The third-order valence-corrected chi connectivity index (χ3v) is 8.03. The summed E-state index contributed by atoms with van der Waals surface area (Å²) in [6.07, 6.45) is 0. The molecule has 1 aromatic heterocycles. The van der Waals surface area contributed by atoms with Crippen LogP contribution in [0.15, 0.2) is 42.5 Å². The number of fused-ring (bicyclic) bond motifs is 3. The number of anilines is 1. The van der Waals surface area contributed by atoms with Crippen molar-refractivity contribution in [3.63, 3.8) is 0 Å². The molecule has 2 heterocycles. The van der Waals surface area contributed by atoms with Crippen LogP contribution in [-0.4, -0.2) is 5.91 Å². The lowest BCUT2D eigenvalue weighted by Crippen LogP contribution is -2.47. The van der Waals surface area contributed by atoms with E-state index in [0.717, 1.165) is 31.1 Å². The molecule has 0 aliphatic carbocycles. The molecule has 4 rings (SSSR count). The number of hydrogen-bond donors (Lipinski definition) is 0. The van der Waals surface area contributed by atoms with Gasteiger partial charge in [0.15, 0.2) is 0 Å². The number of carbonyl (C=O) groups excluding carboxylic acids is 1. The molecule has 1 aliphatic heterocycles. The van der Waals surface area contributed by atoms with Gasteiger partial charge in [0.25, 0.3) is 5.91 Å². The third kappa shape index (κ3) is 2.55. The van der Waals surface area contributed by atoms with Gasteiger partial charge in [-0.15, -0.1) is 0 Å². The van der Waals surface area contributed by atoms with Crippen molar-refractivity contribution in [3.8, 4) is 11.1 Å². The van der Waals surface area contributed by atoms with E-state index in [1.54, 1.807) is 20.7 Å². The lowest BCUT2D eigenvalue weighted by atomic mass is 9.86. The van der Waals surface area contributed by atoms with Gasteiger partial charge in [0.2, 0.25) is 0 Å². The maximum atomic E-state index is 13.4. The summed E-state index contributed by atoms with van der Waals surface area (Å²) in [5.41, 5.74) is 3.91. The van der Waals surface area contributed by atoms with Gasteiger partial charge < -0.3 is 0 Å². The Bertz CT molecular complexity index is 1080. The first-order chi connectivity index (χ1) is 12.3. The molecule has 0 spiro atoms. The molecule has 1 amide bonds. The van der Waals surface area contributed by atoms with E-state index < -0.39 is 5.54 Å². The molecule has 0 N–H and O–H groups in total. The summed E-state index contributed by atoms with van der Waals surface area (Å²) in [4.78, 5) is 16.3. The monoisotopic (exact) mass is 401 g/mol. The second-order valence-electron chi connectivity index (χ2n) is 6.89. The molecule has 0 unspecified atom stereocenters. The highest BCUT2D eigenvalue weighted by Crippen LogP contribution is 2.52. The summed E-state index contributed by atoms with van der Waals surface area (Å²) in [6, 6.07) is 11.8. The maximum Gasteiger partial charge on any atom is 0.259 e. The lowest BCUT2D eigenvalue weighted by Gasteiger charge is -2.43. The number of benzene rings is 2. The number of nitrogens with zero attached hydrogens (tertiary/aromatic N) is 1. The Morgan fingerprint density at radius 2 is 1.81 bits per heavy atom. The summed E-state index contributed by atoms with van der Waals surface area (Å²) in [6.45, 7) is 6.08. The van der Waals surface area contributed by atoms with Crippen molar-refractivity contribution >= 4 is 44.5 Å². The zero-order valence-electron chi connectivity index (χ0n) is 14.5. The van der Waals surface area contributed by atoms with Crippen LogP contribution in [0.2, 0.25) is 0 Å². The van der Waals surface area contributed by atoms with Crippen molar-refractivity contribution in [2.24, 2.45) is 0 Å². The van der Waals surface area contributed by atoms with Gasteiger partial charge in [-0.1, -0.05) is 45.0 Å². The number of aryl methyl sites for hydroxylation is 1. The fourth-order valence-electron chi connectivity index (χ4n) is 3.42. The Morgan fingerprint density at radius 1 is 1.12 bits per heavy atom. The zero-order valence-corrected chi connectivity index (χ0v) is 16.9. The van der Waals surface area contributed by atoms with Gasteiger partial charge in [-0.2, -0.15) is 0 Å². The molecule has 26 heavy (non-hydrogen) atoms. The van der Waals surface area contributed by atoms with E-state index in [-0.39, 0.29) is 11.7 Å². The van der Waals surface area contributed by atoms with Crippen LogP contribution in [0.1, 0.15) is 34.6 Å². The molecule has 2 aromatic carbocycles. The number of rotatable bonds is 1. The van der Waals surface area contributed by atoms with Gasteiger partial charge in [-0.05, 0) is 56.7 Å². The zero-order chi connectivity index (χ0) is 18.6. The maximum absolute atomic E-state index is 13.4. The quantitative estimate of drug-likeness (QED) is 0.340. The smallest absolute Gasteiger partial charge is 0.259 e. The molecule has 0 fully saturated rings. The minimum atomic E-state index is -0.542. The molecule has 132 valence electrons. The highest BCUT2D eigenvalue weighted by atomic mass is 32.9. The average Bonchev–Trinajstić information content (AvgIpc) is 2.98. The van der Waals surface area contributed by atoms with Crippen molar-refractivity contribution < 1.29 is 9.18 Å². The molecule has 0 saturated heterocycles. The van der Waals surface area contributed by atoms with Crippen LogP contribution in [0.25, 0.3) is 11.1 Å². The molecule has 3 aromatic rings. The van der Waals surface area contributed by atoms with Crippen LogP contribution >= 0.6 is 32.9 Å². The average molecular weight is 402 g/mol. The first-order valence-corrected chi connectivity index (χ1v) is 10.7. The van der Waals surface area contributed by atoms with Crippen LogP contribution in [0.4, 0.5) is 10.1 Å². The van der Waals surface area contributed by atoms with Gasteiger partial charge in [0.1, 0.15) is 9.64 Å². The van der Waals surface area contributed by atoms with Crippen molar-refractivity contribution in [1.29, 1.82) is 0 Å². The van der Waals surface area contributed by atoms with E-state index in [4.69, 9.17) is 12.2 Å². The summed E-state index contributed by atoms with van der Waals surface area (Å²) < 4.78 is 14.2. The number of amides is 1. The first kappa shape index (κ1) is 17.5. The van der Waals surface area contributed by atoms with Crippen LogP contribution in [0.3, 0.4) is 0 Å². The van der Waals surface area contributed by atoms with Gasteiger partial charge in [-0.3, -0.25) is 9.69 Å². The van der Waals surface area contributed by atoms with Crippen LogP contribution in [0, 0.1) is 16.6 Å². The van der Waals surface area contributed by atoms with E-state index in [9.17, 15) is 9.18 Å². The highest BCUT2D eigenvalue weighted by molar-refractivity contribution is 7.80. The molecule has 6 heteroatoms. The Labute approximate surface area is 163 Å². The van der Waals surface area contributed by atoms with E-state index in [2.05, 4.69) is 0 Å². The predicted octanol–water partition coefficient (Wildman–Crippen LogP) is 6.55. The van der Waals surface area contributed by atoms with Crippen molar-refractivity contribution in [2.75, 3.05) is 4.90 Å². The highest BCUT2D eigenvalue weighted by Gasteiger charge is 2.43. The minimum absolute atomic E-state index is 0.142. The van der Waals surface area contributed by atoms with Gasteiger partial charge in [-0.25, -0.2) is 4.39 Å². The largest absolute Gasteiger partial charge is 0.297 e. The van der Waals surface area contributed by atoms with E-state index in [1.165, 1.54) is 24.3 Å². The minimum Gasteiger partial charge on any atom is -0.297 e. The number of carbonyl (C=O) groups is 1. The van der Waals surface area contributed by atoms with Crippen LogP contribution < -0.4 is 4.90 Å².